The zero-order valence-electron chi connectivity index (χ0n) is 14.0. The molecule has 1 fully saturated rings. The highest BCUT2D eigenvalue weighted by Gasteiger charge is 2.26. The van der Waals surface area contributed by atoms with Crippen LogP contribution in [0.4, 0.5) is 0 Å². The lowest BCUT2D eigenvalue weighted by molar-refractivity contribution is -0.149. The van der Waals surface area contributed by atoms with Gasteiger partial charge in [0.2, 0.25) is 5.89 Å². The van der Waals surface area contributed by atoms with Gasteiger partial charge in [0.25, 0.3) is 4.84 Å². The first-order chi connectivity index (χ1) is 12.1. The van der Waals surface area contributed by atoms with Crippen LogP contribution in [0.1, 0.15) is 19.8 Å². The molecule has 0 spiro atoms. The largest absolute Gasteiger partial charge is 0.466 e. The van der Waals surface area contributed by atoms with Crippen LogP contribution >= 0.6 is 28.1 Å². The molecule has 0 saturated carbocycles. The quantitative estimate of drug-likeness (QED) is 0.535. The van der Waals surface area contributed by atoms with Crippen LogP contribution in [0, 0.1) is 10.8 Å². The highest BCUT2D eigenvalue weighted by molar-refractivity contribution is 9.10. The first-order valence-electron chi connectivity index (χ1n) is 8.30. The average Bonchev–Trinajstić information content (AvgIpc) is 2.96. The van der Waals surface area contributed by atoms with Crippen LogP contribution in [0.3, 0.4) is 0 Å². The van der Waals surface area contributed by atoms with Gasteiger partial charge in [-0.05, 0) is 60.0 Å². The number of halogens is 1. The van der Waals surface area contributed by atoms with Crippen molar-refractivity contribution in [1.29, 1.82) is 0 Å². The molecule has 2 heterocycles. The van der Waals surface area contributed by atoms with Crippen LogP contribution in [0.15, 0.2) is 33.2 Å². The molecule has 0 radical (unpaired) electrons. The van der Waals surface area contributed by atoms with E-state index in [0.29, 0.717) is 24.0 Å². The summed E-state index contributed by atoms with van der Waals surface area (Å²) in [7, 11) is 0. The topological polar surface area (TPSA) is 60.5 Å². The zero-order valence-corrected chi connectivity index (χ0v) is 16.4. The summed E-state index contributed by atoms with van der Waals surface area (Å²) in [5, 5.41) is 4.50. The number of rotatable bonds is 5. The van der Waals surface area contributed by atoms with Gasteiger partial charge in [-0.15, -0.1) is 5.10 Å². The number of hydrogen-bond donors (Lipinski definition) is 0. The van der Waals surface area contributed by atoms with Gasteiger partial charge in [-0.2, -0.15) is 0 Å². The van der Waals surface area contributed by atoms with Crippen molar-refractivity contribution < 1.29 is 13.9 Å². The molecule has 0 unspecified atom stereocenters. The monoisotopic (exact) mass is 425 g/mol. The highest BCUT2D eigenvalue weighted by atomic mass is 79.9. The number of carbonyl (C=O) groups excluding carboxylic acids is 1. The molecule has 0 aliphatic carbocycles. The average molecular weight is 426 g/mol. The van der Waals surface area contributed by atoms with Gasteiger partial charge in [0, 0.05) is 17.6 Å². The fourth-order valence-electron chi connectivity index (χ4n) is 2.90. The smallest absolute Gasteiger partial charge is 0.309 e. The number of likely N-dealkylation sites (tertiary alicyclic amines) is 1. The molecule has 1 aliphatic heterocycles. The number of aromatic nitrogens is 2. The van der Waals surface area contributed by atoms with Crippen molar-refractivity contribution in [2.75, 3.05) is 19.7 Å². The molecular formula is C17H20BrN3O3S. The van der Waals surface area contributed by atoms with E-state index in [1.165, 1.54) is 0 Å². The second kappa shape index (κ2) is 8.25. The van der Waals surface area contributed by atoms with Crippen molar-refractivity contribution in [3.8, 4) is 11.5 Å². The minimum Gasteiger partial charge on any atom is -0.466 e. The van der Waals surface area contributed by atoms with Gasteiger partial charge in [0.1, 0.15) is 0 Å². The van der Waals surface area contributed by atoms with Crippen LogP contribution < -0.4 is 0 Å². The minimum atomic E-state index is -0.0867. The third-order valence-electron chi connectivity index (χ3n) is 4.25. The predicted octanol–water partition coefficient (Wildman–Crippen LogP) is 3.87. The Morgan fingerprint density at radius 2 is 2.12 bits per heavy atom. The molecule has 1 aromatic carbocycles. The number of ether oxygens (including phenoxy) is 1. The second-order valence-corrected chi connectivity index (χ2v) is 7.14. The molecular weight excluding hydrogens is 406 g/mol. The number of carbonyl (C=O) groups is 1. The van der Waals surface area contributed by atoms with Crippen molar-refractivity contribution in [3.63, 3.8) is 0 Å². The molecule has 0 atom stereocenters. The Bertz CT molecular complexity index is 796. The van der Waals surface area contributed by atoms with Gasteiger partial charge in [0.05, 0.1) is 24.8 Å². The molecule has 3 rings (SSSR count). The van der Waals surface area contributed by atoms with Gasteiger partial charge in [0.15, 0.2) is 0 Å². The maximum Gasteiger partial charge on any atom is 0.309 e. The standard InChI is InChI=1S/C17H20BrN3O3S/c1-2-23-16(22)12-7-9-20(10-8-12)11-21-17(25)24-15(19-21)13-5-3-4-6-14(13)18/h3-6,12H,2,7-11H2,1H3. The summed E-state index contributed by atoms with van der Waals surface area (Å²) in [6.45, 7) is 4.44. The number of benzene rings is 1. The zero-order chi connectivity index (χ0) is 17.8. The van der Waals surface area contributed by atoms with Crippen molar-refractivity contribution in [2.24, 2.45) is 5.92 Å². The van der Waals surface area contributed by atoms with Crippen molar-refractivity contribution in [1.82, 2.24) is 14.7 Å². The van der Waals surface area contributed by atoms with E-state index in [2.05, 4.69) is 25.9 Å². The lowest BCUT2D eigenvalue weighted by atomic mass is 9.97. The van der Waals surface area contributed by atoms with Gasteiger partial charge >= 0.3 is 5.97 Å². The van der Waals surface area contributed by atoms with Crippen molar-refractivity contribution >= 4 is 34.1 Å². The Balaban J connectivity index is 1.64. The van der Waals surface area contributed by atoms with E-state index in [-0.39, 0.29) is 11.9 Å². The summed E-state index contributed by atoms with van der Waals surface area (Å²) in [4.78, 5) is 14.4. The number of esters is 1. The molecule has 6 nitrogen and oxygen atoms in total. The third kappa shape index (κ3) is 4.37. The summed E-state index contributed by atoms with van der Waals surface area (Å²) in [5.74, 6) is 0.410. The van der Waals surface area contributed by atoms with E-state index in [4.69, 9.17) is 21.4 Å². The number of hydrogen-bond acceptors (Lipinski definition) is 6. The van der Waals surface area contributed by atoms with Gasteiger partial charge in [-0.1, -0.05) is 12.1 Å². The maximum absolute atomic E-state index is 11.8. The fraction of sp³-hybridized carbons (Fsp3) is 0.471. The predicted molar refractivity (Wildman–Crippen MR) is 99.4 cm³/mol. The Morgan fingerprint density at radius 1 is 1.40 bits per heavy atom. The molecule has 8 heteroatoms. The molecule has 25 heavy (non-hydrogen) atoms. The molecule has 2 aromatic rings. The minimum absolute atomic E-state index is 0.00249. The molecule has 0 N–H and O–H groups in total. The van der Waals surface area contributed by atoms with Gasteiger partial charge < -0.3 is 9.15 Å². The first kappa shape index (κ1) is 18.3. The van der Waals surface area contributed by atoms with Gasteiger partial charge in [-0.25, -0.2) is 4.68 Å². The lowest BCUT2D eigenvalue weighted by Gasteiger charge is -2.30. The molecule has 0 bridgehead atoms. The highest BCUT2D eigenvalue weighted by Crippen LogP contribution is 2.27. The molecule has 1 aliphatic rings. The normalized spacial score (nSPS) is 16.1. The van der Waals surface area contributed by atoms with Crippen molar-refractivity contribution in [3.05, 3.63) is 33.6 Å². The molecule has 0 amide bonds. The number of piperidine rings is 1. The maximum atomic E-state index is 11.8. The Hall–Kier alpha value is -1.51. The molecule has 1 aromatic heterocycles. The molecule has 134 valence electrons. The van der Waals surface area contributed by atoms with E-state index in [1.54, 1.807) is 4.68 Å². The van der Waals surface area contributed by atoms with Crippen LogP contribution in [0.5, 0.6) is 0 Å². The van der Waals surface area contributed by atoms with Gasteiger partial charge in [-0.3, -0.25) is 9.69 Å². The Kier molecular flexibility index (Phi) is 6.03. The van der Waals surface area contributed by atoms with Crippen LogP contribution in [-0.2, 0) is 16.2 Å². The fourth-order valence-corrected chi connectivity index (χ4v) is 3.53. The van der Waals surface area contributed by atoms with Crippen LogP contribution in [-0.4, -0.2) is 40.3 Å². The first-order valence-corrected chi connectivity index (χ1v) is 9.50. The van der Waals surface area contributed by atoms with E-state index in [9.17, 15) is 4.79 Å². The number of nitrogens with zero attached hydrogens (tertiary/aromatic N) is 3. The summed E-state index contributed by atoms with van der Waals surface area (Å²) in [6, 6.07) is 7.73. The summed E-state index contributed by atoms with van der Waals surface area (Å²) in [5.41, 5.74) is 0.869. The SMILES string of the molecule is CCOC(=O)C1CCN(Cn2nc(-c3ccccc3Br)oc2=S)CC1. The summed E-state index contributed by atoms with van der Waals surface area (Å²) < 4.78 is 13.4. The van der Waals surface area contributed by atoms with E-state index >= 15 is 0 Å². The van der Waals surface area contributed by atoms with E-state index in [0.717, 1.165) is 36.0 Å². The summed E-state index contributed by atoms with van der Waals surface area (Å²) in [6.07, 6.45) is 1.59. The second-order valence-electron chi connectivity index (χ2n) is 5.94. The third-order valence-corrected chi connectivity index (χ3v) is 5.24. The van der Waals surface area contributed by atoms with Crippen LogP contribution in [0.25, 0.3) is 11.5 Å². The van der Waals surface area contributed by atoms with Crippen LogP contribution in [0.2, 0.25) is 0 Å². The molecule has 1 saturated heterocycles. The Morgan fingerprint density at radius 3 is 2.80 bits per heavy atom. The summed E-state index contributed by atoms with van der Waals surface area (Å²) >= 11 is 8.80. The van der Waals surface area contributed by atoms with Crippen molar-refractivity contribution in [2.45, 2.75) is 26.4 Å². The lowest BCUT2D eigenvalue weighted by Crippen LogP contribution is -2.38. The van der Waals surface area contributed by atoms with E-state index in [1.807, 2.05) is 31.2 Å². The van der Waals surface area contributed by atoms with E-state index < -0.39 is 0 Å². The Labute approximate surface area is 159 Å².